The number of aromatic nitrogens is 2. The summed E-state index contributed by atoms with van der Waals surface area (Å²) in [4.78, 5) is 0. The fourth-order valence-corrected chi connectivity index (χ4v) is 1.30. The Bertz CT molecular complexity index is 239. The summed E-state index contributed by atoms with van der Waals surface area (Å²) in [5.41, 5.74) is 0. The van der Waals surface area contributed by atoms with Crippen molar-refractivity contribution in [2.24, 2.45) is 0 Å². The molecule has 0 aromatic carbocycles. The third-order valence-electron chi connectivity index (χ3n) is 1.99. The molecule has 1 heterocycles. The quantitative estimate of drug-likeness (QED) is 0.591. The number of aliphatic hydroxyl groups is 1. The van der Waals surface area contributed by atoms with Crippen LogP contribution < -0.4 is 5.32 Å². The van der Waals surface area contributed by atoms with E-state index in [2.05, 4.69) is 17.3 Å². The molecule has 1 aromatic rings. The second kappa shape index (κ2) is 7.39. The van der Waals surface area contributed by atoms with Gasteiger partial charge in [0.25, 0.3) is 0 Å². The van der Waals surface area contributed by atoms with Gasteiger partial charge >= 0.3 is 0 Å². The van der Waals surface area contributed by atoms with Crippen LogP contribution in [-0.2, 0) is 11.3 Å². The Morgan fingerprint density at radius 1 is 1.53 bits per heavy atom. The van der Waals surface area contributed by atoms with Crippen molar-refractivity contribution in [3.8, 4) is 0 Å². The molecule has 0 amide bonds. The van der Waals surface area contributed by atoms with Crippen LogP contribution in [0.15, 0.2) is 18.5 Å². The lowest BCUT2D eigenvalue weighted by atomic mass is 10.3. The number of ether oxygens (including phenoxy) is 1. The fourth-order valence-electron chi connectivity index (χ4n) is 1.30. The highest BCUT2D eigenvalue weighted by Crippen LogP contribution is 1.89. The Labute approximate surface area is 90.1 Å². The van der Waals surface area contributed by atoms with Gasteiger partial charge in [-0.05, 0) is 13.0 Å². The van der Waals surface area contributed by atoms with Gasteiger partial charge in [0.15, 0.2) is 0 Å². The summed E-state index contributed by atoms with van der Waals surface area (Å²) < 4.78 is 7.03. The van der Waals surface area contributed by atoms with E-state index in [9.17, 15) is 0 Å². The van der Waals surface area contributed by atoms with Crippen molar-refractivity contribution < 1.29 is 9.84 Å². The summed E-state index contributed by atoms with van der Waals surface area (Å²) >= 11 is 0. The molecule has 0 aliphatic heterocycles. The molecule has 0 spiro atoms. The van der Waals surface area contributed by atoms with Crippen molar-refractivity contribution in [1.29, 1.82) is 0 Å². The first-order chi connectivity index (χ1) is 7.33. The number of hydrogen-bond donors (Lipinski definition) is 2. The third kappa shape index (κ3) is 5.51. The molecular formula is C10H19N3O2. The minimum absolute atomic E-state index is 0.0862. The lowest BCUT2D eigenvalue weighted by Crippen LogP contribution is -2.33. The molecule has 1 unspecified atom stereocenters. The van der Waals surface area contributed by atoms with Gasteiger partial charge in [-0.1, -0.05) is 0 Å². The fraction of sp³-hybridized carbons (Fsp3) is 0.700. The van der Waals surface area contributed by atoms with E-state index in [0.717, 1.165) is 13.1 Å². The Balaban J connectivity index is 2.01. The smallest absolute Gasteiger partial charge is 0.0698 e. The second-order valence-corrected chi connectivity index (χ2v) is 3.42. The van der Waals surface area contributed by atoms with Crippen LogP contribution in [0.1, 0.15) is 6.92 Å². The van der Waals surface area contributed by atoms with Crippen molar-refractivity contribution in [3.05, 3.63) is 18.5 Å². The normalized spacial score (nSPS) is 12.9. The third-order valence-corrected chi connectivity index (χ3v) is 1.99. The number of aliphatic hydroxyl groups excluding tert-OH is 1. The van der Waals surface area contributed by atoms with Gasteiger partial charge in [0.2, 0.25) is 0 Å². The van der Waals surface area contributed by atoms with E-state index < -0.39 is 0 Å². The first kappa shape index (κ1) is 12.2. The lowest BCUT2D eigenvalue weighted by Gasteiger charge is -2.13. The summed E-state index contributed by atoms with van der Waals surface area (Å²) in [5, 5.41) is 15.9. The molecule has 0 bridgehead atoms. The Kier molecular flexibility index (Phi) is 5.99. The van der Waals surface area contributed by atoms with Gasteiger partial charge in [-0.25, -0.2) is 0 Å². The molecule has 0 aliphatic rings. The number of nitrogens with one attached hydrogen (secondary N) is 1. The predicted octanol–water partition coefficient (Wildman–Crippen LogP) is -0.130. The molecule has 5 heteroatoms. The maximum absolute atomic E-state index is 8.49. The van der Waals surface area contributed by atoms with Crippen LogP contribution in [0.3, 0.4) is 0 Å². The molecule has 1 aromatic heterocycles. The molecule has 1 atom stereocenters. The second-order valence-electron chi connectivity index (χ2n) is 3.42. The summed E-state index contributed by atoms with van der Waals surface area (Å²) in [6.07, 6.45) is 3.72. The first-order valence-corrected chi connectivity index (χ1v) is 5.22. The van der Waals surface area contributed by atoms with Crippen LogP contribution >= 0.6 is 0 Å². The molecule has 0 aliphatic carbocycles. The predicted molar refractivity (Wildman–Crippen MR) is 57.6 cm³/mol. The zero-order valence-corrected chi connectivity index (χ0v) is 9.09. The minimum Gasteiger partial charge on any atom is -0.394 e. The van der Waals surface area contributed by atoms with Gasteiger partial charge < -0.3 is 15.2 Å². The Morgan fingerprint density at radius 3 is 3.07 bits per heavy atom. The van der Waals surface area contributed by atoms with Gasteiger partial charge in [-0.2, -0.15) is 5.10 Å². The zero-order valence-electron chi connectivity index (χ0n) is 9.09. The summed E-state index contributed by atoms with van der Waals surface area (Å²) in [7, 11) is 0. The van der Waals surface area contributed by atoms with Crippen LogP contribution in [-0.4, -0.2) is 47.3 Å². The summed E-state index contributed by atoms with van der Waals surface area (Å²) in [6.45, 7) is 4.88. The minimum atomic E-state index is 0.0862. The van der Waals surface area contributed by atoms with Gasteiger partial charge in [0.05, 0.1) is 26.4 Å². The first-order valence-electron chi connectivity index (χ1n) is 5.22. The van der Waals surface area contributed by atoms with E-state index in [0.29, 0.717) is 19.3 Å². The molecule has 1 rings (SSSR count). The summed E-state index contributed by atoms with van der Waals surface area (Å²) in [5.74, 6) is 0. The Morgan fingerprint density at radius 2 is 2.40 bits per heavy atom. The standard InChI is InChI=1S/C10H19N3O2/c1-10(9-13-5-2-3-12-13)11-4-7-15-8-6-14/h2-3,5,10-11,14H,4,6-9H2,1H3. The monoisotopic (exact) mass is 213 g/mol. The largest absolute Gasteiger partial charge is 0.394 e. The molecule has 86 valence electrons. The van der Waals surface area contributed by atoms with Crippen molar-refractivity contribution in [2.45, 2.75) is 19.5 Å². The van der Waals surface area contributed by atoms with Gasteiger partial charge in [0.1, 0.15) is 0 Å². The van der Waals surface area contributed by atoms with E-state index in [1.54, 1.807) is 6.20 Å². The molecular weight excluding hydrogens is 194 g/mol. The van der Waals surface area contributed by atoms with Crippen LogP contribution in [0.2, 0.25) is 0 Å². The maximum atomic E-state index is 8.49. The van der Waals surface area contributed by atoms with Crippen LogP contribution in [0.25, 0.3) is 0 Å². The van der Waals surface area contributed by atoms with E-state index in [1.165, 1.54) is 0 Å². The molecule has 0 saturated carbocycles. The van der Waals surface area contributed by atoms with Crippen molar-refractivity contribution in [2.75, 3.05) is 26.4 Å². The highest BCUT2D eigenvalue weighted by molar-refractivity contribution is 4.78. The maximum Gasteiger partial charge on any atom is 0.0698 e. The highest BCUT2D eigenvalue weighted by atomic mass is 16.5. The van der Waals surface area contributed by atoms with Gasteiger partial charge in [-0.3, -0.25) is 4.68 Å². The molecule has 2 N–H and O–H groups in total. The van der Waals surface area contributed by atoms with E-state index in [1.807, 2.05) is 16.9 Å². The number of rotatable bonds is 8. The van der Waals surface area contributed by atoms with Gasteiger partial charge in [0, 0.05) is 25.0 Å². The molecule has 0 saturated heterocycles. The average molecular weight is 213 g/mol. The van der Waals surface area contributed by atoms with Crippen LogP contribution in [0.5, 0.6) is 0 Å². The molecule has 15 heavy (non-hydrogen) atoms. The molecule has 5 nitrogen and oxygen atoms in total. The highest BCUT2D eigenvalue weighted by Gasteiger charge is 2.01. The van der Waals surface area contributed by atoms with Crippen molar-refractivity contribution in [1.82, 2.24) is 15.1 Å². The molecule has 0 radical (unpaired) electrons. The van der Waals surface area contributed by atoms with E-state index in [4.69, 9.17) is 9.84 Å². The Hall–Kier alpha value is -0.910. The van der Waals surface area contributed by atoms with Crippen LogP contribution in [0.4, 0.5) is 0 Å². The topological polar surface area (TPSA) is 59.3 Å². The van der Waals surface area contributed by atoms with Crippen LogP contribution in [0, 0.1) is 0 Å². The number of hydrogen-bond acceptors (Lipinski definition) is 4. The van der Waals surface area contributed by atoms with Gasteiger partial charge in [-0.15, -0.1) is 0 Å². The summed E-state index contributed by atoms with van der Waals surface area (Å²) in [6, 6.07) is 2.28. The average Bonchev–Trinajstić information content (AvgIpc) is 2.70. The SMILES string of the molecule is CC(Cn1cccn1)NCCOCCO. The van der Waals surface area contributed by atoms with Crippen molar-refractivity contribution in [3.63, 3.8) is 0 Å². The molecule has 0 fully saturated rings. The van der Waals surface area contributed by atoms with E-state index >= 15 is 0 Å². The van der Waals surface area contributed by atoms with Crippen molar-refractivity contribution >= 4 is 0 Å². The zero-order chi connectivity index (χ0) is 10.9. The van der Waals surface area contributed by atoms with E-state index in [-0.39, 0.29) is 6.61 Å². The lowest BCUT2D eigenvalue weighted by molar-refractivity contribution is 0.0925. The number of nitrogens with zero attached hydrogens (tertiary/aromatic N) is 2.